The van der Waals surface area contributed by atoms with Gasteiger partial charge in [-0.25, -0.2) is 0 Å². The molecule has 2 aliphatic rings. The summed E-state index contributed by atoms with van der Waals surface area (Å²) in [5.74, 6) is 0. The fourth-order valence-corrected chi connectivity index (χ4v) is 3.23. The summed E-state index contributed by atoms with van der Waals surface area (Å²) in [5.41, 5.74) is 2.67. The molecule has 1 heterocycles. The molecule has 3 rings (SSSR count). The van der Waals surface area contributed by atoms with Gasteiger partial charge in [-0.15, -0.1) is 0 Å². The number of ether oxygens (including phenoxy) is 1. The SMILES string of the molecule is COC1CCCC1NC1CCc2cccnc21. The Bertz CT molecular complexity index is 394. The average molecular weight is 232 g/mol. The molecule has 3 unspecified atom stereocenters. The number of hydrogen-bond acceptors (Lipinski definition) is 3. The normalized spacial score (nSPS) is 31.7. The van der Waals surface area contributed by atoms with Crippen LogP contribution in [-0.4, -0.2) is 24.2 Å². The summed E-state index contributed by atoms with van der Waals surface area (Å²) in [5, 5.41) is 3.75. The van der Waals surface area contributed by atoms with E-state index in [1.807, 2.05) is 19.4 Å². The lowest BCUT2D eigenvalue weighted by molar-refractivity contribution is 0.0811. The maximum atomic E-state index is 5.54. The van der Waals surface area contributed by atoms with Crippen molar-refractivity contribution in [2.75, 3.05) is 7.11 Å². The molecule has 17 heavy (non-hydrogen) atoms. The summed E-state index contributed by atoms with van der Waals surface area (Å²) >= 11 is 0. The highest BCUT2D eigenvalue weighted by Crippen LogP contribution is 2.32. The predicted molar refractivity (Wildman–Crippen MR) is 66.9 cm³/mol. The van der Waals surface area contributed by atoms with Crippen LogP contribution >= 0.6 is 0 Å². The Balaban J connectivity index is 1.71. The van der Waals surface area contributed by atoms with Crippen molar-refractivity contribution in [1.29, 1.82) is 0 Å². The first kappa shape index (κ1) is 11.2. The Labute approximate surface area is 103 Å². The number of aryl methyl sites for hydroxylation is 1. The Kier molecular flexibility index (Phi) is 3.12. The van der Waals surface area contributed by atoms with Crippen molar-refractivity contribution in [2.45, 2.75) is 50.3 Å². The molecule has 0 saturated heterocycles. The van der Waals surface area contributed by atoms with Crippen LogP contribution in [0.25, 0.3) is 0 Å². The smallest absolute Gasteiger partial charge is 0.0724 e. The highest BCUT2D eigenvalue weighted by molar-refractivity contribution is 5.28. The molecule has 1 aromatic heterocycles. The van der Waals surface area contributed by atoms with Gasteiger partial charge in [0.25, 0.3) is 0 Å². The third-order valence-electron chi connectivity index (χ3n) is 4.13. The van der Waals surface area contributed by atoms with Crippen LogP contribution in [0.3, 0.4) is 0 Å². The maximum Gasteiger partial charge on any atom is 0.0724 e. The third-order valence-corrected chi connectivity index (χ3v) is 4.13. The lowest BCUT2D eigenvalue weighted by Crippen LogP contribution is -2.38. The van der Waals surface area contributed by atoms with Gasteiger partial charge in [0.15, 0.2) is 0 Å². The standard InChI is InChI=1S/C14H20N2O/c1-17-13-6-2-5-11(13)16-12-8-7-10-4-3-9-15-14(10)12/h3-4,9,11-13,16H,2,5-8H2,1H3. The molecule has 0 aromatic carbocycles. The van der Waals surface area contributed by atoms with Crippen LogP contribution in [0.1, 0.15) is 43.0 Å². The topological polar surface area (TPSA) is 34.1 Å². The van der Waals surface area contributed by atoms with E-state index in [-0.39, 0.29) is 0 Å². The number of pyridine rings is 1. The second kappa shape index (κ2) is 4.75. The van der Waals surface area contributed by atoms with Gasteiger partial charge >= 0.3 is 0 Å². The van der Waals surface area contributed by atoms with Gasteiger partial charge in [0.2, 0.25) is 0 Å². The van der Waals surface area contributed by atoms with Crippen LogP contribution in [0.2, 0.25) is 0 Å². The van der Waals surface area contributed by atoms with E-state index in [1.54, 1.807) is 0 Å². The molecule has 0 radical (unpaired) electrons. The highest BCUT2D eigenvalue weighted by Gasteiger charge is 2.32. The maximum absolute atomic E-state index is 5.54. The first-order chi connectivity index (χ1) is 8.38. The second-order valence-corrected chi connectivity index (χ2v) is 5.12. The Morgan fingerprint density at radius 1 is 1.35 bits per heavy atom. The number of methoxy groups -OCH3 is 1. The van der Waals surface area contributed by atoms with Crippen LogP contribution in [0, 0.1) is 0 Å². The number of hydrogen-bond donors (Lipinski definition) is 1. The zero-order valence-electron chi connectivity index (χ0n) is 10.4. The van der Waals surface area contributed by atoms with Crippen LogP contribution in [0.4, 0.5) is 0 Å². The predicted octanol–water partition coefficient (Wildman–Crippen LogP) is 2.23. The lowest BCUT2D eigenvalue weighted by atomic mass is 10.1. The van der Waals surface area contributed by atoms with Crippen LogP contribution in [-0.2, 0) is 11.2 Å². The van der Waals surface area contributed by atoms with Crippen molar-refractivity contribution in [2.24, 2.45) is 0 Å². The molecule has 2 aliphatic carbocycles. The Morgan fingerprint density at radius 3 is 3.18 bits per heavy atom. The van der Waals surface area contributed by atoms with E-state index < -0.39 is 0 Å². The first-order valence-electron chi connectivity index (χ1n) is 6.61. The van der Waals surface area contributed by atoms with Crippen molar-refractivity contribution in [1.82, 2.24) is 10.3 Å². The van der Waals surface area contributed by atoms with Crippen molar-refractivity contribution in [3.05, 3.63) is 29.6 Å². The monoisotopic (exact) mass is 232 g/mol. The fraction of sp³-hybridized carbons (Fsp3) is 0.643. The van der Waals surface area contributed by atoms with Gasteiger partial charge in [0.05, 0.1) is 17.8 Å². The zero-order valence-corrected chi connectivity index (χ0v) is 10.4. The minimum Gasteiger partial charge on any atom is -0.380 e. The lowest BCUT2D eigenvalue weighted by Gasteiger charge is -2.23. The van der Waals surface area contributed by atoms with Gasteiger partial charge in [-0.05, 0) is 43.7 Å². The second-order valence-electron chi connectivity index (χ2n) is 5.12. The molecular weight excluding hydrogens is 212 g/mol. The number of rotatable bonds is 3. The van der Waals surface area contributed by atoms with Crippen molar-refractivity contribution >= 4 is 0 Å². The molecule has 1 N–H and O–H groups in total. The minimum absolute atomic E-state index is 0.391. The van der Waals surface area contributed by atoms with Gasteiger partial charge in [-0.2, -0.15) is 0 Å². The van der Waals surface area contributed by atoms with Crippen LogP contribution in [0.5, 0.6) is 0 Å². The number of nitrogens with one attached hydrogen (secondary N) is 1. The summed E-state index contributed by atoms with van der Waals surface area (Å²) < 4.78 is 5.54. The van der Waals surface area contributed by atoms with E-state index in [0.717, 1.165) is 6.42 Å². The van der Waals surface area contributed by atoms with E-state index >= 15 is 0 Å². The van der Waals surface area contributed by atoms with E-state index in [0.29, 0.717) is 18.2 Å². The molecule has 0 bridgehead atoms. The number of nitrogens with zero attached hydrogens (tertiary/aromatic N) is 1. The van der Waals surface area contributed by atoms with E-state index in [1.165, 1.54) is 36.9 Å². The summed E-state index contributed by atoms with van der Waals surface area (Å²) in [4.78, 5) is 4.53. The fourth-order valence-electron chi connectivity index (χ4n) is 3.23. The van der Waals surface area contributed by atoms with Gasteiger partial charge in [-0.1, -0.05) is 6.07 Å². The van der Waals surface area contributed by atoms with E-state index in [4.69, 9.17) is 4.74 Å². The van der Waals surface area contributed by atoms with Crippen LogP contribution < -0.4 is 5.32 Å². The van der Waals surface area contributed by atoms with Gasteiger partial charge < -0.3 is 10.1 Å². The van der Waals surface area contributed by atoms with Gasteiger partial charge in [0.1, 0.15) is 0 Å². The van der Waals surface area contributed by atoms with Gasteiger partial charge in [0, 0.05) is 19.3 Å². The van der Waals surface area contributed by atoms with Crippen molar-refractivity contribution in [3.63, 3.8) is 0 Å². The molecule has 3 nitrogen and oxygen atoms in total. The molecule has 0 aliphatic heterocycles. The first-order valence-corrected chi connectivity index (χ1v) is 6.61. The molecule has 0 amide bonds. The molecule has 92 valence electrons. The minimum atomic E-state index is 0.391. The number of aromatic nitrogens is 1. The molecule has 3 atom stereocenters. The molecular formula is C14H20N2O. The summed E-state index contributed by atoms with van der Waals surface area (Å²) in [6.45, 7) is 0. The molecule has 1 fully saturated rings. The van der Waals surface area contributed by atoms with E-state index in [2.05, 4.69) is 16.4 Å². The Morgan fingerprint density at radius 2 is 2.29 bits per heavy atom. The largest absolute Gasteiger partial charge is 0.380 e. The molecule has 3 heteroatoms. The molecule has 1 saturated carbocycles. The summed E-state index contributed by atoms with van der Waals surface area (Å²) in [7, 11) is 1.82. The molecule has 1 aromatic rings. The molecule has 0 spiro atoms. The van der Waals surface area contributed by atoms with Crippen molar-refractivity contribution < 1.29 is 4.74 Å². The third kappa shape index (κ3) is 2.09. The Hall–Kier alpha value is -0.930. The average Bonchev–Trinajstić information content (AvgIpc) is 2.97. The van der Waals surface area contributed by atoms with Crippen molar-refractivity contribution in [3.8, 4) is 0 Å². The van der Waals surface area contributed by atoms with Crippen LogP contribution in [0.15, 0.2) is 18.3 Å². The highest BCUT2D eigenvalue weighted by atomic mass is 16.5. The quantitative estimate of drug-likeness (QED) is 0.867. The summed E-state index contributed by atoms with van der Waals surface area (Å²) in [6.07, 6.45) is 8.33. The number of fused-ring (bicyclic) bond motifs is 1. The zero-order chi connectivity index (χ0) is 11.7. The van der Waals surface area contributed by atoms with Gasteiger partial charge in [-0.3, -0.25) is 4.98 Å². The van der Waals surface area contributed by atoms with E-state index in [9.17, 15) is 0 Å². The summed E-state index contributed by atoms with van der Waals surface area (Å²) in [6, 6.07) is 5.19.